The molecule has 166 valence electrons. The second-order valence-electron chi connectivity index (χ2n) is 8.18. The van der Waals surface area contributed by atoms with Crippen molar-refractivity contribution in [3.8, 4) is 5.75 Å². The summed E-state index contributed by atoms with van der Waals surface area (Å²) in [6, 6.07) is 10.5. The minimum absolute atomic E-state index is 0.0996. The molecule has 3 aromatic rings. The van der Waals surface area contributed by atoms with Crippen LogP contribution in [-0.4, -0.2) is 36.2 Å². The third kappa shape index (κ3) is 3.86. The number of fused-ring (bicyclic) bond motifs is 2. The molecule has 0 radical (unpaired) electrons. The summed E-state index contributed by atoms with van der Waals surface area (Å²) in [7, 11) is 0. The number of nitrogens with two attached hydrogens (primary N) is 1. The first-order valence-electron chi connectivity index (χ1n) is 10.4. The summed E-state index contributed by atoms with van der Waals surface area (Å²) >= 11 is 0. The number of carbonyl (C=O) groups excluding carboxylic acids is 1. The second-order valence-corrected chi connectivity index (χ2v) is 8.18. The fourth-order valence-corrected chi connectivity index (χ4v) is 4.73. The van der Waals surface area contributed by atoms with Crippen molar-refractivity contribution in [2.45, 2.75) is 31.7 Å². The minimum atomic E-state index is -4.83. The predicted octanol–water partition coefficient (Wildman–Crippen LogP) is 5.40. The first-order valence-corrected chi connectivity index (χ1v) is 10.4. The Morgan fingerprint density at radius 3 is 2.78 bits per heavy atom. The molecule has 1 atom stereocenters. The van der Waals surface area contributed by atoms with E-state index in [-0.39, 0.29) is 5.56 Å². The number of nitrogens with zero attached hydrogens (tertiary/aromatic N) is 1. The van der Waals surface area contributed by atoms with Crippen LogP contribution in [0.3, 0.4) is 0 Å². The van der Waals surface area contributed by atoms with Gasteiger partial charge >= 0.3 is 6.36 Å². The largest absolute Gasteiger partial charge is 0.573 e. The van der Waals surface area contributed by atoms with E-state index < -0.39 is 17.9 Å². The van der Waals surface area contributed by atoms with Gasteiger partial charge in [0.15, 0.2) is 11.7 Å². The number of ether oxygens (including phenoxy) is 1. The number of benzene rings is 2. The maximum Gasteiger partial charge on any atom is 0.573 e. The lowest BCUT2D eigenvalue weighted by molar-refractivity contribution is -0.274. The van der Waals surface area contributed by atoms with Gasteiger partial charge in [-0.1, -0.05) is 18.2 Å². The Morgan fingerprint density at radius 2 is 1.97 bits per heavy atom. The van der Waals surface area contributed by atoms with Gasteiger partial charge in [-0.3, -0.25) is 9.69 Å². The lowest BCUT2D eigenvalue weighted by Crippen LogP contribution is -2.32. The number of nitrogen functional groups attached to an aromatic ring is 1. The van der Waals surface area contributed by atoms with E-state index in [9.17, 15) is 18.0 Å². The molecule has 1 unspecified atom stereocenters. The smallest absolute Gasteiger partial charge is 0.440 e. The number of rotatable bonds is 4. The van der Waals surface area contributed by atoms with Gasteiger partial charge in [0, 0.05) is 34.7 Å². The van der Waals surface area contributed by atoms with Crippen LogP contribution in [0.15, 0.2) is 53.0 Å². The molecule has 1 fully saturated rings. The average molecular weight is 442 g/mol. The molecule has 3 heterocycles. The Bertz CT molecular complexity index is 1230. The van der Waals surface area contributed by atoms with Crippen molar-refractivity contribution in [3.05, 3.63) is 65.2 Å². The van der Waals surface area contributed by atoms with Crippen LogP contribution < -0.4 is 10.5 Å². The molecular formula is C24H21F3N2O3. The Kier molecular flexibility index (Phi) is 4.97. The van der Waals surface area contributed by atoms with Gasteiger partial charge in [-0.2, -0.15) is 0 Å². The summed E-state index contributed by atoms with van der Waals surface area (Å²) in [5, 5.41) is 0.730. The van der Waals surface area contributed by atoms with Crippen LogP contribution in [0.5, 0.6) is 5.75 Å². The quantitative estimate of drug-likeness (QED) is 0.548. The summed E-state index contributed by atoms with van der Waals surface area (Å²) in [5.74, 6) is -0.543. The number of furan rings is 1. The number of alkyl halides is 3. The van der Waals surface area contributed by atoms with E-state index in [0.29, 0.717) is 23.1 Å². The van der Waals surface area contributed by atoms with Gasteiger partial charge in [0.25, 0.3) is 0 Å². The normalized spacial score (nSPS) is 19.1. The van der Waals surface area contributed by atoms with Crippen molar-refractivity contribution in [1.82, 2.24) is 4.90 Å². The molecule has 2 aliphatic rings. The number of hydrogen-bond acceptors (Lipinski definition) is 5. The second kappa shape index (κ2) is 7.70. The van der Waals surface area contributed by atoms with E-state index in [4.69, 9.17) is 10.2 Å². The zero-order valence-corrected chi connectivity index (χ0v) is 17.1. The lowest BCUT2D eigenvalue weighted by Gasteiger charge is -2.29. The Labute approximate surface area is 182 Å². The molecule has 0 amide bonds. The summed E-state index contributed by atoms with van der Waals surface area (Å²) in [4.78, 5) is 15.5. The fourth-order valence-electron chi connectivity index (χ4n) is 4.73. The number of carbonyl (C=O) groups is 1. The van der Waals surface area contributed by atoms with E-state index >= 15 is 0 Å². The average Bonchev–Trinajstić information content (AvgIpc) is 3.34. The zero-order valence-electron chi connectivity index (χ0n) is 17.1. The highest BCUT2D eigenvalue weighted by Crippen LogP contribution is 2.40. The molecule has 5 rings (SSSR count). The van der Waals surface area contributed by atoms with E-state index in [1.54, 1.807) is 18.2 Å². The van der Waals surface area contributed by atoms with Crippen LogP contribution in [0.2, 0.25) is 0 Å². The predicted molar refractivity (Wildman–Crippen MR) is 114 cm³/mol. The molecule has 0 saturated carbocycles. The van der Waals surface area contributed by atoms with Crippen LogP contribution in [0, 0.1) is 0 Å². The van der Waals surface area contributed by atoms with E-state index in [0.717, 1.165) is 54.6 Å². The highest BCUT2D eigenvalue weighted by molar-refractivity contribution is 6.11. The van der Waals surface area contributed by atoms with E-state index in [1.807, 2.05) is 0 Å². The Hall–Kier alpha value is -3.26. The van der Waals surface area contributed by atoms with Crippen LogP contribution in [0.1, 0.15) is 40.7 Å². The molecule has 2 N–H and O–H groups in total. The van der Waals surface area contributed by atoms with Crippen molar-refractivity contribution in [1.29, 1.82) is 0 Å². The van der Waals surface area contributed by atoms with Gasteiger partial charge in [-0.15, -0.1) is 13.2 Å². The van der Waals surface area contributed by atoms with Gasteiger partial charge < -0.3 is 14.9 Å². The van der Waals surface area contributed by atoms with Crippen molar-refractivity contribution >= 4 is 28.2 Å². The number of anilines is 1. The van der Waals surface area contributed by atoms with Crippen LogP contribution in [0.4, 0.5) is 19.1 Å². The Balaban J connectivity index is 1.49. The van der Waals surface area contributed by atoms with E-state index in [1.165, 1.54) is 18.6 Å². The van der Waals surface area contributed by atoms with Gasteiger partial charge in [0.1, 0.15) is 11.3 Å². The Morgan fingerprint density at radius 1 is 1.16 bits per heavy atom. The molecule has 2 aliphatic heterocycles. The van der Waals surface area contributed by atoms with Crippen molar-refractivity contribution in [3.63, 3.8) is 0 Å². The van der Waals surface area contributed by atoms with Gasteiger partial charge in [0.05, 0.1) is 0 Å². The van der Waals surface area contributed by atoms with Crippen LogP contribution >= 0.6 is 0 Å². The highest BCUT2D eigenvalue weighted by atomic mass is 19.4. The van der Waals surface area contributed by atoms with Gasteiger partial charge in [-0.05, 0) is 61.7 Å². The lowest BCUT2D eigenvalue weighted by atomic mass is 9.92. The number of ketones is 1. The van der Waals surface area contributed by atoms with Crippen LogP contribution in [-0.2, 0) is 0 Å². The first kappa shape index (κ1) is 20.6. The SMILES string of the molecule is Nc1oc2ccc(C(=O)c3cccc(OC(F)(F)F)c3)cc2c1C1=CCN2CCCC2C1. The summed E-state index contributed by atoms with van der Waals surface area (Å²) in [5.41, 5.74) is 9.12. The third-order valence-corrected chi connectivity index (χ3v) is 6.16. The van der Waals surface area contributed by atoms with Crippen LogP contribution in [0.25, 0.3) is 16.5 Å². The molecule has 32 heavy (non-hydrogen) atoms. The van der Waals surface area contributed by atoms with Crippen molar-refractivity contribution in [2.75, 3.05) is 18.8 Å². The molecule has 0 aliphatic carbocycles. The molecule has 2 aromatic carbocycles. The summed E-state index contributed by atoms with van der Waals surface area (Å²) < 4.78 is 47.3. The maximum absolute atomic E-state index is 13.0. The van der Waals surface area contributed by atoms with Crippen molar-refractivity contribution in [2.24, 2.45) is 0 Å². The molecule has 1 aromatic heterocycles. The van der Waals surface area contributed by atoms with Gasteiger partial charge in [-0.25, -0.2) is 0 Å². The topological polar surface area (TPSA) is 68.7 Å². The standard InChI is InChI=1S/C24H21F3N2O3/c25-24(26,27)32-18-5-1-3-15(12-18)22(30)16-6-7-20-19(13-16)21(23(28)31-20)14-8-10-29-9-2-4-17(29)11-14/h1,3,5-8,12-13,17H,2,4,9-11,28H2. The molecule has 0 spiro atoms. The molecule has 8 heteroatoms. The molecule has 1 saturated heterocycles. The highest BCUT2D eigenvalue weighted by Gasteiger charge is 2.32. The summed E-state index contributed by atoms with van der Waals surface area (Å²) in [6.07, 6.45) is 0.533. The van der Waals surface area contributed by atoms with E-state index in [2.05, 4.69) is 15.7 Å². The third-order valence-electron chi connectivity index (χ3n) is 6.16. The maximum atomic E-state index is 13.0. The van der Waals surface area contributed by atoms with Gasteiger partial charge in [0.2, 0.25) is 0 Å². The molecular weight excluding hydrogens is 421 g/mol. The zero-order chi connectivity index (χ0) is 22.5. The monoisotopic (exact) mass is 442 g/mol. The first-order chi connectivity index (χ1) is 15.3. The minimum Gasteiger partial charge on any atom is -0.440 e. The number of halogens is 3. The summed E-state index contributed by atoms with van der Waals surface area (Å²) in [6.45, 7) is 1.96. The molecule has 0 bridgehead atoms. The molecule has 5 nitrogen and oxygen atoms in total. The number of hydrogen-bond donors (Lipinski definition) is 1. The van der Waals surface area contributed by atoms with Crippen molar-refractivity contribution < 1.29 is 27.1 Å². The fraction of sp³-hybridized carbons (Fsp3) is 0.292.